The van der Waals surface area contributed by atoms with Crippen molar-refractivity contribution in [3.63, 3.8) is 0 Å². The average Bonchev–Trinajstić information content (AvgIpc) is 2.29. The van der Waals surface area contributed by atoms with E-state index in [0.29, 0.717) is 5.92 Å². The zero-order valence-corrected chi connectivity index (χ0v) is 9.99. The maximum absolute atomic E-state index is 4.64. The summed E-state index contributed by atoms with van der Waals surface area (Å²) in [4.78, 5) is 8.96. The van der Waals surface area contributed by atoms with Crippen molar-refractivity contribution in [1.29, 1.82) is 0 Å². The topological polar surface area (TPSA) is 37.8 Å². The molecule has 84 valence electrons. The van der Waals surface area contributed by atoms with Gasteiger partial charge >= 0.3 is 0 Å². The Morgan fingerprint density at radius 2 is 2.06 bits per heavy atom. The van der Waals surface area contributed by atoms with Gasteiger partial charge in [-0.25, -0.2) is 4.98 Å². The molecule has 0 spiro atoms. The van der Waals surface area contributed by atoms with Gasteiger partial charge in [-0.15, -0.1) is 0 Å². The minimum absolute atomic E-state index is 0.458. The van der Waals surface area contributed by atoms with Crippen molar-refractivity contribution >= 4 is 16.7 Å². The van der Waals surface area contributed by atoms with E-state index in [-0.39, 0.29) is 0 Å². The van der Waals surface area contributed by atoms with Gasteiger partial charge in [0.05, 0.1) is 5.52 Å². The number of hydrogen-bond acceptors (Lipinski definition) is 3. The van der Waals surface area contributed by atoms with E-state index in [0.717, 1.165) is 29.0 Å². The van der Waals surface area contributed by atoms with Crippen LogP contribution in [0.5, 0.6) is 0 Å². The largest absolute Gasteiger partial charge is 0.370 e. The molecule has 0 saturated heterocycles. The number of anilines is 1. The van der Waals surface area contributed by atoms with Gasteiger partial charge in [0.1, 0.15) is 5.82 Å². The summed E-state index contributed by atoms with van der Waals surface area (Å²) in [5, 5.41) is 4.34. The van der Waals surface area contributed by atoms with E-state index >= 15 is 0 Å². The second-order valence-electron chi connectivity index (χ2n) is 4.15. The Morgan fingerprint density at radius 1 is 1.25 bits per heavy atom. The third-order valence-electron chi connectivity index (χ3n) is 2.57. The maximum Gasteiger partial charge on any atom is 0.135 e. The monoisotopic (exact) mass is 215 g/mol. The molecule has 0 bridgehead atoms. The van der Waals surface area contributed by atoms with E-state index < -0.39 is 0 Å². The van der Waals surface area contributed by atoms with Crippen LogP contribution < -0.4 is 5.32 Å². The number of aromatic nitrogens is 2. The molecule has 0 amide bonds. The van der Waals surface area contributed by atoms with Gasteiger partial charge in [0.15, 0.2) is 0 Å². The summed E-state index contributed by atoms with van der Waals surface area (Å²) in [6, 6.07) is 6.14. The van der Waals surface area contributed by atoms with Gasteiger partial charge in [0, 0.05) is 23.8 Å². The van der Waals surface area contributed by atoms with Gasteiger partial charge in [-0.3, -0.25) is 4.98 Å². The quantitative estimate of drug-likeness (QED) is 0.854. The van der Waals surface area contributed by atoms with Crippen molar-refractivity contribution in [2.75, 3.05) is 11.9 Å². The highest BCUT2D eigenvalue weighted by molar-refractivity contribution is 5.88. The minimum atomic E-state index is 0.458. The van der Waals surface area contributed by atoms with E-state index in [1.54, 1.807) is 6.20 Å². The first-order chi connectivity index (χ1) is 7.72. The van der Waals surface area contributed by atoms with Crippen LogP contribution in [-0.2, 0) is 0 Å². The van der Waals surface area contributed by atoms with E-state index in [9.17, 15) is 0 Å². The Labute approximate surface area is 95.9 Å². The van der Waals surface area contributed by atoms with E-state index in [1.165, 1.54) is 0 Å². The molecule has 2 heterocycles. The van der Waals surface area contributed by atoms with Crippen LogP contribution in [0.25, 0.3) is 10.9 Å². The highest BCUT2D eigenvalue weighted by atomic mass is 15.0. The van der Waals surface area contributed by atoms with Crippen molar-refractivity contribution in [2.45, 2.75) is 26.7 Å². The van der Waals surface area contributed by atoms with Gasteiger partial charge in [-0.2, -0.15) is 0 Å². The Balaban J connectivity index is 2.55. The fraction of sp³-hybridized carbons (Fsp3) is 0.385. The van der Waals surface area contributed by atoms with Crippen LogP contribution in [0.2, 0.25) is 0 Å². The summed E-state index contributed by atoms with van der Waals surface area (Å²) in [5.74, 6) is 1.38. The standard InChI is InChI=1S/C13H17N3/c1-4-14-13-10-5-6-11(9(2)3)16-12(10)7-8-15-13/h5-9H,4H2,1-3H3,(H,14,15). The first kappa shape index (κ1) is 10.9. The van der Waals surface area contributed by atoms with E-state index in [4.69, 9.17) is 0 Å². The summed E-state index contributed by atoms with van der Waals surface area (Å²) in [5.41, 5.74) is 2.14. The van der Waals surface area contributed by atoms with Crippen LogP contribution in [0.3, 0.4) is 0 Å². The zero-order valence-electron chi connectivity index (χ0n) is 9.99. The van der Waals surface area contributed by atoms with Crippen LogP contribution in [0, 0.1) is 0 Å². The number of fused-ring (bicyclic) bond motifs is 1. The molecule has 0 aliphatic rings. The molecule has 2 aromatic heterocycles. The molecule has 3 heteroatoms. The molecule has 0 atom stereocenters. The maximum atomic E-state index is 4.64. The van der Waals surface area contributed by atoms with Crippen molar-refractivity contribution in [1.82, 2.24) is 9.97 Å². The predicted molar refractivity (Wildman–Crippen MR) is 67.8 cm³/mol. The second kappa shape index (κ2) is 4.47. The number of nitrogens with zero attached hydrogens (tertiary/aromatic N) is 2. The molecule has 16 heavy (non-hydrogen) atoms. The summed E-state index contributed by atoms with van der Waals surface area (Å²) in [6.45, 7) is 7.25. The van der Waals surface area contributed by atoms with Gasteiger partial charge in [-0.1, -0.05) is 13.8 Å². The number of rotatable bonds is 3. The van der Waals surface area contributed by atoms with Crippen LogP contribution >= 0.6 is 0 Å². The summed E-state index contributed by atoms with van der Waals surface area (Å²) < 4.78 is 0. The second-order valence-corrected chi connectivity index (χ2v) is 4.15. The van der Waals surface area contributed by atoms with Crippen molar-refractivity contribution < 1.29 is 0 Å². The molecule has 0 radical (unpaired) electrons. The third kappa shape index (κ3) is 1.98. The molecule has 1 N–H and O–H groups in total. The lowest BCUT2D eigenvalue weighted by Crippen LogP contribution is -2.01. The molecule has 2 rings (SSSR count). The summed E-state index contributed by atoms with van der Waals surface area (Å²) in [6.07, 6.45) is 1.80. The lowest BCUT2D eigenvalue weighted by Gasteiger charge is -2.09. The molecular weight excluding hydrogens is 198 g/mol. The molecule has 3 nitrogen and oxygen atoms in total. The smallest absolute Gasteiger partial charge is 0.135 e. The minimum Gasteiger partial charge on any atom is -0.370 e. The lowest BCUT2D eigenvalue weighted by molar-refractivity contribution is 0.830. The fourth-order valence-electron chi connectivity index (χ4n) is 1.70. The highest BCUT2D eigenvalue weighted by Crippen LogP contribution is 2.22. The first-order valence-electron chi connectivity index (χ1n) is 5.72. The van der Waals surface area contributed by atoms with Crippen molar-refractivity contribution in [2.24, 2.45) is 0 Å². The number of pyridine rings is 2. The van der Waals surface area contributed by atoms with Gasteiger partial charge in [0.2, 0.25) is 0 Å². The van der Waals surface area contributed by atoms with Gasteiger partial charge in [0.25, 0.3) is 0 Å². The Hall–Kier alpha value is -1.64. The molecule has 0 aliphatic heterocycles. The SMILES string of the molecule is CCNc1nccc2nc(C(C)C)ccc12. The van der Waals surface area contributed by atoms with Crippen LogP contribution in [0.1, 0.15) is 32.4 Å². The van der Waals surface area contributed by atoms with Crippen LogP contribution in [0.15, 0.2) is 24.4 Å². The van der Waals surface area contributed by atoms with Crippen LogP contribution in [-0.4, -0.2) is 16.5 Å². The first-order valence-corrected chi connectivity index (χ1v) is 5.72. The highest BCUT2D eigenvalue weighted by Gasteiger charge is 2.05. The number of nitrogens with one attached hydrogen (secondary N) is 1. The Morgan fingerprint density at radius 3 is 2.75 bits per heavy atom. The van der Waals surface area contributed by atoms with E-state index in [1.807, 2.05) is 6.07 Å². The van der Waals surface area contributed by atoms with Gasteiger partial charge in [-0.05, 0) is 31.0 Å². The lowest BCUT2D eigenvalue weighted by atomic mass is 10.1. The molecule has 0 aromatic carbocycles. The molecular formula is C13H17N3. The van der Waals surface area contributed by atoms with E-state index in [2.05, 4.69) is 48.2 Å². The van der Waals surface area contributed by atoms with Crippen molar-refractivity contribution in [3.8, 4) is 0 Å². The Kier molecular flexibility index (Phi) is 3.04. The normalized spacial score (nSPS) is 11.0. The van der Waals surface area contributed by atoms with Gasteiger partial charge < -0.3 is 5.32 Å². The third-order valence-corrected chi connectivity index (χ3v) is 2.57. The molecule has 0 aliphatic carbocycles. The molecule has 0 fully saturated rings. The molecule has 0 unspecified atom stereocenters. The summed E-state index contributed by atoms with van der Waals surface area (Å²) in [7, 11) is 0. The zero-order chi connectivity index (χ0) is 11.5. The van der Waals surface area contributed by atoms with Crippen LogP contribution in [0.4, 0.5) is 5.82 Å². The average molecular weight is 215 g/mol. The number of hydrogen-bond donors (Lipinski definition) is 1. The fourth-order valence-corrected chi connectivity index (χ4v) is 1.70. The Bertz CT molecular complexity index is 492. The molecule has 2 aromatic rings. The summed E-state index contributed by atoms with van der Waals surface area (Å²) >= 11 is 0. The predicted octanol–water partition coefficient (Wildman–Crippen LogP) is 3.19. The van der Waals surface area contributed by atoms with Crippen molar-refractivity contribution in [3.05, 3.63) is 30.1 Å². The molecule has 0 saturated carbocycles.